The second-order valence-electron chi connectivity index (χ2n) is 4.60. The van der Waals surface area contributed by atoms with Gasteiger partial charge in [-0.3, -0.25) is 0 Å². The number of nitrogens with one attached hydrogen (secondary N) is 1. The summed E-state index contributed by atoms with van der Waals surface area (Å²) in [4.78, 5) is 11.8. The summed E-state index contributed by atoms with van der Waals surface area (Å²) < 4.78 is 3.24. The molecule has 1 aromatic carbocycles. The van der Waals surface area contributed by atoms with Crippen LogP contribution < -0.4 is 5.32 Å². The van der Waals surface area contributed by atoms with E-state index in [1.165, 1.54) is 0 Å². The first-order valence-corrected chi connectivity index (χ1v) is 8.09. The third kappa shape index (κ3) is 8.38. The fraction of sp³-hybridized carbons (Fsp3) is 0.438. The maximum absolute atomic E-state index is 11.8. The second-order valence-corrected chi connectivity index (χ2v) is 7.12. The Morgan fingerprint density at radius 3 is 2.59 bits per heavy atom. The molecule has 0 aromatic heterocycles. The maximum Gasteiger partial charge on any atom is 0.408 e. The van der Waals surface area contributed by atoms with Gasteiger partial charge < -0.3 is 10.1 Å². The van der Waals surface area contributed by atoms with Crippen LogP contribution in [-0.4, -0.2) is 16.5 Å². The van der Waals surface area contributed by atoms with E-state index in [1.54, 1.807) is 0 Å². The largest absolute Gasteiger partial charge is 0.445 e. The predicted octanol–water partition coefficient (Wildman–Crippen LogP) is 5.02. The number of benzene rings is 1. The van der Waals surface area contributed by atoms with Gasteiger partial charge in [-0.25, -0.2) is 4.79 Å². The number of amides is 1. The van der Waals surface area contributed by atoms with Gasteiger partial charge in [0.05, 0.1) is 0 Å². The molecule has 120 valence electrons. The zero-order valence-electron chi connectivity index (χ0n) is 12.2. The van der Waals surface area contributed by atoms with Crippen LogP contribution in [0.5, 0.6) is 0 Å². The van der Waals surface area contributed by atoms with E-state index in [0.29, 0.717) is 0 Å². The lowest BCUT2D eigenvalue weighted by Crippen LogP contribution is -2.30. The molecule has 1 amide bonds. The number of unbranched alkanes of at least 4 members (excludes halogenated alkanes) is 2. The highest BCUT2D eigenvalue weighted by atomic mass is 35.6. The molecule has 0 spiro atoms. The van der Waals surface area contributed by atoms with E-state index in [4.69, 9.17) is 39.5 Å². The SMILES string of the molecule is CCCCC#CC(NC(=O)OCC(Cl)(Cl)Cl)c1ccccc1. The molecule has 1 rings (SSSR count). The second kappa shape index (κ2) is 9.84. The minimum atomic E-state index is -1.63. The smallest absolute Gasteiger partial charge is 0.408 e. The molecule has 6 heteroatoms. The number of rotatable bonds is 5. The van der Waals surface area contributed by atoms with Crippen molar-refractivity contribution in [1.82, 2.24) is 5.32 Å². The molecule has 0 aliphatic heterocycles. The summed E-state index contributed by atoms with van der Waals surface area (Å²) in [5.74, 6) is 6.10. The van der Waals surface area contributed by atoms with Crippen LogP contribution in [0.1, 0.15) is 37.8 Å². The molecule has 0 saturated heterocycles. The minimum Gasteiger partial charge on any atom is -0.445 e. The number of hydrogen-bond donors (Lipinski definition) is 1. The maximum atomic E-state index is 11.8. The van der Waals surface area contributed by atoms with Crippen molar-refractivity contribution in [1.29, 1.82) is 0 Å². The Balaban J connectivity index is 2.69. The Kier molecular flexibility index (Phi) is 8.48. The highest BCUT2D eigenvalue weighted by Gasteiger charge is 2.23. The number of carbonyl (C=O) groups excluding carboxylic acids is 1. The zero-order chi connectivity index (χ0) is 16.4. The molecule has 1 aromatic rings. The van der Waals surface area contributed by atoms with Gasteiger partial charge in [0.25, 0.3) is 0 Å². The van der Waals surface area contributed by atoms with Crippen LogP contribution in [0.15, 0.2) is 30.3 Å². The van der Waals surface area contributed by atoms with E-state index in [1.807, 2.05) is 30.3 Å². The number of alkyl carbamates (subject to hydrolysis) is 1. The molecule has 1 N–H and O–H groups in total. The van der Waals surface area contributed by atoms with Crippen molar-refractivity contribution in [2.75, 3.05) is 6.61 Å². The molecule has 22 heavy (non-hydrogen) atoms. The molecule has 1 unspecified atom stereocenters. The number of ether oxygens (including phenoxy) is 1. The lowest BCUT2D eigenvalue weighted by Gasteiger charge is -2.16. The van der Waals surface area contributed by atoms with Crippen molar-refractivity contribution in [3.8, 4) is 11.8 Å². The van der Waals surface area contributed by atoms with Gasteiger partial charge in [-0.15, -0.1) is 5.92 Å². The molecular weight excluding hydrogens is 345 g/mol. The first kappa shape index (κ1) is 19.0. The molecule has 0 bridgehead atoms. The quantitative estimate of drug-likeness (QED) is 0.454. The van der Waals surface area contributed by atoms with E-state index in [-0.39, 0.29) is 6.61 Å². The number of halogens is 3. The van der Waals surface area contributed by atoms with Gasteiger partial charge in [0.15, 0.2) is 0 Å². The summed E-state index contributed by atoms with van der Waals surface area (Å²) in [6.07, 6.45) is 2.20. The summed E-state index contributed by atoms with van der Waals surface area (Å²) in [5.41, 5.74) is 0.873. The third-order valence-corrected chi connectivity index (χ3v) is 2.99. The fourth-order valence-corrected chi connectivity index (χ4v) is 1.76. The van der Waals surface area contributed by atoms with E-state index in [0.717, 1.165) is 24.8 Å². The molecule has 1 atom stereocenters. The summed E-state index contributed by atoms with van der Waals surface area (Å²) in [7, 11) is 0. The molecule has 0 aliphatic carbocycles. The van der Waals surface area contributed by atoms with Gasteiger partial charge in [0.2, 0.25) is 3.79 Å². The van der Waals surface area contributed by atoms with Gasteiger partial charge in [0.1, 0.15) is 12.6 Å². The summed E-state index contributed by atoms with van der Waals surface area (Å²) in [5, 5.41) is 2.67. The number of carbonyl (C=O) groups is 1. The van der Waals surface area contributed by atoms with Crippen molar-refractivity contribution in [3.63, 3.8) is 0 Å². The van der Waals surface area contributed by atoms with E-state index >= 15 is 0 Å². The number of hydrogen-bond acceptors (Lipinski definition) is 2. The molecule has 3 nitrogen and oxygen atoms in total. The standard InChI is InChI=1S/C16H18Cl3NO2/c1-2-3-4-8-11-14(13-9-6-5-7-10-13)20-15(21)22-12-16(17,18)19/h5-7,9-10,14H,2-4,12H2,1H3,(H,20,21). The summed E-state index contributed by atoms with van der Waals surface area (Å²) >= 11 is 16.6. The highest BCUT2D eigenvalue weighted by molar-refractivity contribution is 6.67. The molecule has 0 heterocycles. The minimum absolute atomic E-state index is 0.325. The Morgan fingerprint density at radius 1 is 1.32 bits per heavy atom. The Labute approximate surface area is 146 Å². The average molecular weight is 363 g/mol. The van der Waals surface area contributed by atoms with Crippen LogP contribution in [0.2, 0.25) is 0 Å². The highest BCUT2D eigenvalue weighted by Crippen LogP contribution is 2.26. The Morgan fingerprint density at radius 2 is 2.00 bits per heavy atom. The summed E-state index contributed by atoms with van der Waals surface area (Å²) in [6.45, 7) is 1.77. The normalized spacial score (nSPS) is 12.0. The predicted molar refractivity (Wildman–Crippen MR) is 91.3 cm³/mol. The fourth-order valence-electron chi connectivity index (χ4n) is 1.59. The monoisotopic (exact) mass is 361 g/mol. The van der Waals surface area contributed by atoms with Crippen LogP contribution in [-0.2, 0) is 4.74 Å². The summed E-state index contributed by atoms with van der Waals surface area (Å²) in [6, 6.07) is 8.96. The van der Waals surface area contributed by atoms with Crippen molar-refractivity contribution in [2.45, 2.75) is 36.0 Å². The van der Waals surface area contributed by atoms with Gasteiger partial charge in [-0.2, -0.15) is 0 Å². The van der Waals surface area contributed by atoms with Crippen molar-refractivity contribution in [2.24, 2.45) is 0 Å². The van der Waals surface area contributed by atoms with Gasteiger partial charge >= 0.3 is 6.09 Å². The Hall–Kier alpha value is -1.08. The van der Waals surface area contributed by atoms with E-state index in [2.05, 4.69) is 24.1 Å². The first-order valence-electron chi connectivity index (χ1n) is 6.95. The van der Waals surface area contributed by atoms with E-state index < -0.39 is 15.9 Å². The zero-order valence-corrected chi connectivity index (χ0v) is 14.5. The first-order chi connectivity index (χ1) is 10.4. The van der Waals surface area contributed by atoms with Crippen molar-refractivity contribution >= 4 is 40.9 Å². The van der Waals surface area contributed by atoms with Crippen molar-refractivity contribution < 1.29 is 9.53 Å². The van der Waals surface area contributed by atoms with Crippen LogP contribution in [0, 0.1) is 11.8 Å². The van der Waals surface area contributed by atoms with Crippen molar-refractivity contribution in [3.05, 3.63) is 35.9 Å². The molecule has 0 radical (unpaired) electrons. The van der Waals surface area contributed by atoms with Gasteiger partial charge in [-0.05, 0) is 12.0 Å². The molecular formula is C16H18Cl3NO2. The lowest BCUT2D eigenvalue weighted by atomic mass is 10.1. The van der Waals surface area contributed by atoms with Gasteiger partial charge in [-0.1, -0.05) is 84.4 Å². The Bertz CT molecular complexity index is 518. The van der Waals surface area contributed by atoms with Crippen LogP contribution in [0.25, 0.3) is 0 Å². The lowest BCUT2D eigenvalue weighted by molar-refractivity contribution is 0.146. The average Bonchev–Trinajstić information content (AvgIpc) is 2.48. The van der Waals surface area contributed by atoms with Gasteiger partial charge in [0, 0.05) is 6.42 Å². The molecule has 0 fully saturated rings. The molecule has 0 aliphatic rings. The third-order valence-electron chi connectivity index (χ3n) is 2.66. The van der Waals surface area contributed by atoms with Crippen LogP contribution in [0.4, 0.5) is 4.79 Å². The topological polar surface area (TPSA) is 38.3 Å². The molecule has 0 saturated carbocycles. The number of alkyl halides is 3. The van der Waals surface area contributed by atoms with E-state index in [9.17, 15) is 4.79 Å². The van der Waals surface area contributed by atoms with Crippen LogP contribution in [0.3, 0.4) is 0 Å². The van der Waals surface area contributed by atoms with Crippen LogP contribution >= 0.6 is 34.8 Å².